The van der Waals surface area contributed by atoms with Crippen molar-refractivity contribution < 1.29 is 19.2 Å². The molecule has 1 aliphatic heterocycles. The minimum Gasteiger partial charge on any atom is -0.326 e. The van der Waals surface area contributed by atoms with Gasteiger partial charge in [0.05, 0.1) is 0 Å². The molecule has 0 bridgehead atoms. The Morgan fingerprint density at radius 2 is 1.35 bits per heavy atom. The molecule has 172 valence electrons. The highest BCUT2D eigenvalue weighted by Crippen LogP contribution is 2.32. The molecule has 0 aliphatic carbocycles. The maximum absolute atomic E-state index is 13.3. The van der Waals surface area contributed by atoms with Gasteiger partial charge in [-0.05, 0) is 35.4 Å². The van der Waals surface area contributed by atoms with E-state index in [2.05, 4.69) is 10.6 Å². The molecule has 0 spiro atoms. The van der Waals surface area contributed by atoms with Gasteiger partial charge in [0.1, 0.15) is 12.6 Å². The number of hydrogen-bond acceptors (Lipinski definition) is 4. The molecule has 0 aromatic heterocycles. The van der Waals surface area contributed by atoms with Crippen molar-refractivity contribution in [1.29, 1.82) is 0 Å². The number of carbonyl (C=O) groups is 4. The van der Waals surface area contributed by atoms with Crippen molar-refractivity contribution in [3.05, 3.63) is 96.1 Å². The maximum atomic E-state index is 13.3. The molecule has 1 heterocycles. The average molecular weight is 457 g/mol. The summed E-state index contributed by atoms with van der Waals surface area (Å²) in [6.45, 7) is 1.25. The van der Waals surface area contributed by atoms with Crippen LogP contribution in [0.4, 0.5) is 16.2 Å². The summed E-state index contributed by atoms with van der Waals surface area (Å²) in [4.78, 5) is 52.9. The standard InChI is InChI=1S/C26H24N4O4/c1-18(31)27-21-12-14-22(15-13-21)28-23(32)17-30-25(33)24(20-10-6-3-7-11-20)29(26(30)34)16-19-8-4-2-5-9-19/h2-15,24H,16-17H2,1H3,(H,27,31)(H,28,32). The predicted octanol–water partition coefficient (Wildman–Crippen LogP) is 3.79. The van der Waals surface area contributed by atoms with Crippen molar-refractivity contribution in [2.45, 2.75) is 19.5 Å². The fraction of sp³-hybridized carbons (Fsp3) is 0.154. The number of nitrogens with zero attached hydrogens (tertiary/aromatic N) is 2. The number of nitrogens with one attached hydrogen (secondary N) is 2. The van der Waals surface area contributed by atoms with Crippen LogP contribution >= 0.6 is 0 Å². The third-order valence-corrected chi connectivity index (χ3v) is 5.39. The minimum atomic E-state index is -0.807. The molecular formula is C26H24N4O4. The Morgan fingerprint density at radius 1 is 0.794 bits per heavy atom. The SMILES string of the molecule is CC(=O)Nc1ccc(NC(=O)CN2C(=O)C(c3ccccc3)N(Cc3ccccc3)C2=O)cc1. The molecule has 3 aromatic rings. The lowest BCUT2D eigenvalue weighted by Crippen LogP contribution is -2.38. The molecular weight excluding hydrogens is 432 g/mol. The van der Waals surface area contributed by atoms with Gasteiger partial charge in [0.15, 0.2) is 0 Å². The summed E-state index contributed by atoms with van der Waals surface area (Å²) >= 11 is 0. The average Bonchev–Trinajstić information content (AvgIpc) is 3.05. The van der Waals surface area contributed by atoms with Gasteiger partial charge in [-0.1, -0.05) is 60.7 Å². The first-order valence-electron chi connectivity index (χ1n) is 10.8. The van der Waals surface area contributed by atoms with Crippen LogP contribution in [0.15, 0.2) is 84.9 Å². The van der Waals surface area contributed by atoms with Crippen LogP contribution in [0.25, 0.3) is 0 Å². The molecule has 0 saturated carbocycles. The van der Waals surface area contributed by atoms with E-state index in [0.29, 0.717) is 16.9 Å². The van der Waals surface area contributed by atoms with Crippen LogP contribution in [0, 0.1) is 0 Å². The Bertz CT molecular complexity index is 1200. The van der Waals surface area contributed by atoms with E-state index in [4.69, 9.17) is 0 Å². The summed E-state index contributed by atoms with van der Waals surface area (Å²) in [5.41, 5.74) is 2.65. The normalized spacial score (nSPS) is 15.4. The first-order chi connectivity index (χ1) is 16.4. The number of urea groups is 1. The van der Waals surface area contributed by atoms with Gasteiger partial charge in [-0.15, -0.1) is 0 Å². The Labute approximate surface area is 197 Å². The highest BCUT2D eigenvalue weighted by molar-refractivity contribution is 6.08. The van der Waals surface area contributed by atoms with E-state index in [1.54, 1.807) is 36.4 Å². The van der Waals surface area contributed by atoms with Gasteiger partial charge < -0.3 is 15.5 Å². The van der Waals surface area contributed by atoms with Crippen molar-refractivity contribution in [2.24, 2.45) is 0 Å². The summed E-state index contributed by atoms with van der Waals surface area (Å²) in [5, 5.41) is 5.34. The van der Waals surface area contributed by atoms with Crippen LogP contribution in [0.1, 0.15) is 24.1 Å². The molecule has 8 nitrogen and oxygen atoms in total. The van der Waals surface area contributed by atoms with E-state index >= 15 is 0 Å². The zero-order chi connectivity index (χ0) is 24.1. The monoisotopic (exact) mass is 456 g/mol. The van der Waals surface area contributed by atoms with E-state index in [0.717, 1.165) is 10.5 Å². The van der Waals surface area contributed by atoms with Gasteiger partial charge in [-0.25, -0.2) is 4.79 Å². The van der Waals surface area contributed by atoms with Gasteiger partial charge in [-0.2, -0.15) is 0 Å². The number of anilines is 2. The first-order valence-corrected chi connectivity index (χ1v) is 10.8. The van der Waals surface area contributed by atoms with E-state index < -0.39 is 30.4 Å². The van der Waals surface area contributed by atoms with Gasteiger partial charge in [0.25, 0.3) is 5.91 Å². The second-order valence-corrected chi connectivity index (χ2v) is 7.94. The highest BCUT2D eigenvalue weighted by Gasteiger charge is 2.46. The lowest BCUT2D eigenvalue weighted by atomic mass is 10.1. The second kappa shape index (κ2) is 9.99. The maximum Gasteiger partial charge on any atom is 0.328 e. The van der Waals surface area contributed by atoms with E-state index in [1.807, 2.05) is 48.5 Å². The Kier molecular flexibility index (Phi) is 6.68. The van der Waals surface area contributed by atoms with Gasteiger partial charge in [0.2, 0.25) is 11.8 Å². The van der Waals surface area contributed by atoms with Crippen molar-refractivity contribution in [3.8, 4) is 0 Å². The summed E-state index contributed by atoms with van der Waals surface area (Å²) < 4.78 is 0. The fourth-order valence-corrected chi connectivity index (χ4v) is 3.87. The molecule has 1 aliphatic rings. The quantitative estimate of drug-likeness (QED) is 0.529. The third kappa shape index (κ3) is 5.12. The van der Waals surface area contributed by atoms with E-state index in [1.165, 1.54) is 11.8 Å². The zero-order valence-corrected chi connectivity index (χ0v) is 18.6. The molecule has 1 saturated heterocycles. The van der Waals surface area contributed by atoms with Crippen LogP contribution in [0.5, 0.6) is 0 Å². The van der Waals surface area contributed by atoms with Crippen LogP contribution in [-0.4, -0.2) is 40.1 Å². The van der Waals surface area contributed by atoms with E-state index in [9.17, 15) is 19.2 Å². The van der Waals surface area contributed by atoms with Crippen molar-refractivity contribution in [2.75, 3.05) is 17.2 Å². The Morgan fingerprint density at radius 3 is 1.94 bits per heavy atom. The fourth-order valence-electron chi connectivity index (χ4n) is 3.87. The van der Waals surface area contributed by atoms with E-state index in [-0.39, 0.29) is 12.5 Å². The van der Waals surface area contributed by atoms with Crippen molar-refractivity contribution >= 4 is 35.1 Å². The highest BCUT2D eigenvalue weighted by atomic mass is 16.2. The summed E-state index contributed by atoms with van der Waals surface area (Å²) in [6.07, 6.45) is 0. The number of carbonyl (C=O) groups excluding carboxylic acids is 4. The third-order valence-electron chi connectivity index (χ3n) is 5.39. The number of imide groups is 1. The predicted molar refractivity (Wildman–Crippen MR) is 128 cm³/mol. The molecule has 1 unspecified atom stereocenters. The topological polar surface area (TPSA) is 98.8 Å². The molecule has 1 atom stereocenters. The van der Waals surface area contributed by atoms with Crippen LogP contribution < -0.4 is 10.6 Å². The van der Waals surface area contributed by atoms with Crippen LogP contribution in [0.3, 0.4) is 0 Å². The molecule has 2 N–H and O–H groups in total. The minimum absolute atomic E-state index is 0.198. The first kappa shape index (κ1) is 22.7. The molecule has 34 heavy (non-hydrogen) atoms. The van der Waals surface area contributed by atoms with Crippen LogP contribution in [0.2, 0.25) is 0 Å². The van der Waals surface area contributed by atoms with Crippen molar-refractivity contribution in [3.63, 3.8) is 0 Å². The van der Waals surface area contributed by atoms with Crippen molar-refractivity contribution in [1.82, 2.24) is 9.80 Å². The summed E-state index contributed by atoms with van der Waals surface area (Å²) in [7, 11) is 0. The lowest BCUT2D eigenvalue weighted by Gasteiger charge is -2.22. The molecule has 3 aromatic carbocycles. The van der Waals surface area contributed by atoms with Gasteiger partial charge >= 0.3 is 6.03 Å². The summed E-state index contributed by atoms with van der Waals surface area (Å²) in [6, 6.07) is 23.7. The lowest BCUT2D eigenvalue weighted by molar-refractivity contribution is -0.131. The molecule has 0 radical (unpaired) electrons. The Balaban J connectivity index is 1.50. The molecule has 8 heteroatoms. The molecule has 1 fully saturated rings. The second-order valence-electron chi connectivity index (χ2n) is 7.94. The van der Waals surface area contributed by atoms with Crippen LogP contribution in [-0.2, 0) is 20.9 Å². The molecule has 4 rings (SSSR count). The molecule has 5 amide bonds. The number of hydrogen-bond donors (Lipinski definition) is 2. The Hall–Kier alpha value is -4.46. The number of amides is 5. The van der Waals surface area contributed by atoms with Gasteiger partial charge in [0, 0.05) is 24.8 Å². The number of rotatable bonds is 7. The zero-order valence-electron chi connectivity index (χ0n) is 18.6. The van der Waals surface area contributed by atoms with Gasteiger partial charge in [-0.3, -0.25) is 19.3 Å². The largest absolute Gasteiger partial charge is 0.328 e. The smallest absolute Gasteiger partial charge is 0.326 e. The summed E-state index contributed by atoms with van der Waals surface area (Å²) in [5.74, 6) is -1.14. The number of benzene rings is 3.